The Bertz CT molecular complexity index is 966. The molecule has 1 aliphatic heterocycles. The molecule has 3 aromatic rings. The Balaban J connectivity index is 1.51. The number of carbonyl (C=O) groups excluding carboxylic acids is 1. The van der Waals surface area contributed by atoms with Crippen LogP contribution in [0.2, 0.25) is 0 Å². The number of amides is 1. The standard InChI is InChI=1S/C18H18N4O3/c23-17(13-5-11-21(25)12-6-13)20-9-7-14(8-10-20)22-16-4-2-1-3-15(16)19-18(22)24/h1-6,11-12,14H,7-10H2,(H,19,24). The smallest absolute Gasteiger partial charge is 0.326 e. The molecule has 2 aromatic heterocycles. The number of carbonyl (C=O) groups is 1. The van der Waals surface area contributed by atoms with Gasteiger partial charge in [0.1, 0.15) is 0 Å². The molecule has 0 spiro atoms. The van der Waals surface area contributed by atoms with Crippen molar-refractivity contribution >= 4 is 16.9 Å². The Morgan fingerprint density at radius 2 is 1.80 bits per heavy atom. The highest BCUT2D eigenvalue weighted by atomic mass is 16.5. The summed E-state index contributed by atoms with van der Waals surface area (Å²) in [6.45, 7) is 1.17. The summed E-state index contributed by atoms with van der Waals surface area (Å²) in [6.07, 6.45) is 4.10. The highest BCUT2D eigenvalue weighted by Crippen LogP contribution is 2.25. The van der Waals surface area contributed by atoms with Gasteiger partial charge in [-0.1, -0.05) is 12.1 Å². The third-order valence-corrected chi connectivity index (χ3v) is 4.79. The highest BCUT2D eigenvalue weighted by Gasteiger charge is 2.26. The lowest BCUT2D eigenvalue weighted by Gasteiger charge is -2.32. The van der Waals surface area contributed by atoms with Gasteiger partial charge in [-0.15, -0.1) is 0 Å². The molecule has 0 aliphatic carbocycles. The van der Waals surface area contributed by atoms with Gasteiger partial charge in [-0.25, -0.2) is 4.79 Å². The van der Waals surface area contributed by atoms with E-state index in [0.29, 0.717) is 23.4 Å². The van der Waals surface area contributed by atoms with Crippen LogP contribution in [-0.4, -0.2) is 33.4 Å². The van der Waals surface area contributed by atoms with Crippen LogP contribution in [-0.2, 0) is 0 Å². The summed E-state index contributed by atoms with van der Waals surface area (Å²) in [5.41, 5.74) is 2.14. The number of imidazole rings is 1. The van der Waals surface area contributed by atoms with Crippen LogP contribution in [0.3, 0.4) is 0 Å². The number of hydrogen-bond acceptors (Lipinski definition) is 3. The quantitative estimate of drug-likeness (QED) is 0.567. The average molecular weight is 338 g/mol. The molecular formula is C18H18N4O3. The van der Waals surface area contributed by atoms with Gasteiger partial charge in [0.05, 0.1) is 16.6 Å². The number of benzene rings is 1. The van der Waals surface area contributed by atoms with Crippen molar-refractivity contribution in [3.8, 4) is 0 Å². The zero-order valence-corrected chi connectivity index (χ0v) is 13.6. The number of rotatable bonds is 2. The predicted molar refractivity (Wildman–Crippen MR) is 92.1 cm³/mol. The number of piperidine rings is 1. The molecule has 1 amide bonds. The fourth-order valence-corrected chi connectivity index (χ4v) is 3.50. The van der Waals surface area contributed by atoms with Crippen LogP contribution < -0.4 is 10.4 Å². The summed E-state index contributed by atoms with van der Waals surface area (Å²) in [5, 5.41) is 11.1. The van der Waals surface area contributed by atoms with E-state index in [9.17, 15) is 14.8 Å². The van der Waals surface area contributed by atoms with Crippen LogP contribution in [0.25, 0.3) is 11.0 Å². The Morgan fingerprint density at radius 1 is 1.12 bits per heavy atom. The van der Waals surface area contributed by atoms with Crippen LogP contribution >= 0.6 is 0 Å². The van der Waals surface area contributed by atoms with Crippen LogP contribution in [0.1, 0.15) is 29.2 Å². The van der Waals surface area contributed by atoms with Gasteiger partial charge in [0.25, 0.3) is 5.91 Å². The van der Waals surface area contributed by atoms with E-state index < -0.39 is 0 Å². The molecule has 4 rings (SSSR count). The first-order valence-corrected chi connectivity index (χ1v) is 8.31. The molecule has 0 radical (unpaired) electrons. The van der Waals surface area contributed by atoms with E-state index in [4.69, 9.17) is 0 Å². The van der Waals surface area contributed by atoms with Crippen molar-refractivity contribution in [2.75, 3.05) is 13.1 Å². The van der Waals surface area contributed by atoms with Crippen molar-refractivity contribution in [1.29, 1.82) is 0 Å². The second-order valence-corrected chi connectivity index (χ2v) is 6.29. The van der Waals surface area contributed by atoms with Crippen molar-refractivity contribution in [3.05, 3.63) is 70.0 Å². The van der Waals surface area contributed by atoms with Crippen molar-refractivity contribution < 1.29 is 9.52 Å². The number of aromatic amines is 1. The Hall–Kier alpha value is -3.09. The summed E-state index contributed by atoms with van der Waals surface area (Å²) in [6, 6.07) is 10.8. The second-order valence-electron chi connectivity index (χ2n) is 6.29. The van der Waals surface area contributed by atoms with Crippen LogP contribution in [0.4, 0.5) is 0 Å². The average Bonchev–Trinajstić information content (AvgIpc) is 2.97. The molecule has 0 unspecified atom stereocenters. The molecule has 3 heterocycles. The fraction of sp³-hybridized carbons (Fsp3) is 0.278. The number of nitrogens with zero attached hydrogens (tertiary/aromatic N) is 3. The lowest BCUT2D eigenvalue weighted by Crippen LogP contribution is -2.40. The molecule has 7 nitrogen and oxygen atoms in total. The zero-order chi connectivity index (χ0) is 17.4. The molecular weight excluding hydrogens is 320 g/mol. The SMILES string of the molecule is O=C(c1cc[n+]([O-])cc1)N1CCC(n2c(=O)[nH]c3ccccc32)CC1. The molecule has 1 fully saturated rings. The number of para-hydroxylation sites is 2. The van der Waals surface area contributed by atoms with Crippen LogP contribution in [0.5, 0.6) is 0 Å². The highest BCUT2D eigenvalue weighted by molar-refractivity contribution is 5.94. The molecule has 25 heavy (non-hydrogen) atoms. The molecule has 128 valence electrons. The molecule has 1 N–H and O–H groups in total. The molecule has 1 aliphatic rings. The fourth-order valence-electron chi connectivity index (χ4n) is 3.50. The van der Waals surface area contributed by atoms with Crippen LogP contribution in [0, 0.1) is 5.21 Å². The maximum atomic E-state index is 12.5. The topological polar surface area (TPSA) is 85.0 Å². The van der Waals surface area contributed by atoms with Crippen LogP contribution in [0.15, 0.2) is 53.6 Å². The van der Waals surface area contributed by atoms with Gasteiger partial charge < -0.3 is 15.1 Å². The van der Waals surface area contributed by atoms with E-state index in [1.54, 1.807) is 9.47 Å². The van der Waals surface area contributed by atoms with Gasteiger partial charge in [-0.05, 0) is 25.0 Å². The van der Waals surface area contributed by atoms with Gasteiger partial charge in [0.15, 0.2) is 12.4 Å². The zero-order valence-electron chi connectivity index (χ0n) is 13.6. The van der Waals surface area contributed by atoms with E-state index in [1.807, 2.05) is 24.3 Å². The lowest BCUT2D eigenvalue weighted by molar-refractivity contribution is -0.605. The minimum absolute atomic E-state index is 0.0762. The monoisotopic (exact) mass is 338 g/mol. The first-order chi connectivity index (χ1) is 12.1. The largest absolute Gasteiger partial charge is 0.619 e. The van der Waals surface area contributed by atoms with Gasteiger partial charge in [0, 0.05) is 31.3 Å². The number of H-pyrrole nitrogens is 1. The molecule has 1 aromatic carbocycles. The molecule has 0 saturated carbocycles. The number of nitrogens with one attached hydrogen (secondary N) is 1. The molecule has 1 saturated heterocycles. The Kier molecular flexibility index (Phi) is 3.76. The van der Waals surface area contributed by atoms with Crippen molar-refractivity contribution in [1.82, 2.24) is 14.5 Å². The molecule has 0 bridgehead atoms. The van der Waals surface area contributed by atoms with Crippen molar-refractivity contribution in [3.63, 3.8) is 0 Å². The summed E-state index contributed by atoms with van der Waals surface area (Å²) >= 11 is 0. The summed E-state index contributed by atoms with van der Waals surface area (Å²) < 4.78 is 2.46. The van der Waals surface area contributed by atoms with Crippen molar-refractivity contribution in [2.45, 2.75) is 18.9 Å². The minimum Gasteiger partial charge on any atom is -0.619 e. The van der Waals surface area contributed by atoms with E-state index >= 15 is 0 Å². The van der Waals surface area contributed by atoms with Crippen molar-refractivity contribution in [2.24, 2.45) is 0 Å². The second kappa shape index (κ2) is 6.08. The van der Waals surface area contributed by atoms with Gasteiger partial charge in [-0.3, -0.25) is 9.36 Å². The van der Waals surface area contributed by atoms with E-state index in [-0.39, 0.29) is 17.6 Å². The Labute approximate surface area is 143 Å². The first-order valence-electron chi connectivity index (χ1n) is 8.31. The van der Waals surface area contributed by atoms with Gasteiger partial charge in [-0.2, -0.15) is 4.73 Å². The number of hydrogen-bond donors (Lipinski definition) is 1. The maximum Gasteiger partial charge on any atom is 0.326 e. The Morgan fingerprint density at radius 3 is 2.52 bits per heavy atom. The lowest BCUT2D eigenvalue weighted by atomic mass is 10.0. The first kappa shape index (κ1) is 15.4. The summed E-state index contributed by atoms with van der Waals surface area (Å²) in [7, 11) is 0. The third kappa shape index (κ3) is 2.77. The number of likely N-dealkylation sites (tertiary alicyclic amines) is 1. The van der Waals surface area contributed by atoms with Gasteiger partial charge >= 0.3 is 5.69 Å². The van der Waals surface area contributed by atoms with Gasteiger partial charge in [0.2, 0.25) is 0 Å². The molecule has 7 heteroatoms. The minimum atomic E-state index is -0.103. The van der Waals surface area contributed by atoms with E-state index in [2.05, 4.69) is 4.98 Å². The number of aromatic nitrogens is 3. The number of fused-ring (bicyclic) bond motifs is 1. The third-order valence-electron chi connectivity index (χ3n) is 4.79. The van der Waals surface area contributed by atoms with E-state index in [1.165, 1.54) is 24.5 Å². The normalized spacial score (nSPS) is 15.6. The summed E-state index contributed by atoms with van der Waals surface area (Å²) in [4.78, 5) is 29.5. The predicted octanol–water partition coefficient (Wildman–Crippen LogP) is 1.44. The maximum absolute atomic E-state index is 12.5. The van der Waals surface area contributed by atoms with E-state index in [0.717, 1.165) is 23.9 Å². The molecule has 0 atom stereocenters. The number of pyridine rings is 1. The summed E-state index contributed by atoms with van der Waals surface area (Å²) in [5.74, 6) is -0.0784.